The molecule has 0 bridgehead atoms. The van der Waals surface area contributed by atoms with Crippen LogP contribution in [0.1, 0.15) is 200 Å². The maximum absolute atomic E-state index is 7.44. The van der Waals surface area contributed by atoms with Crippen LogP contribution in [-0.2, 0) is 37.9 Å². The van der Waals surface area contributed by atoms with Crippen molar-refractivity contribution in [3.63, 3.8) is 0 Å². The number of fused-ring (bicyclic) bond motifs is 14. The molecular formula is C85H92B2N2O2. The minimum absolute atomic E-state index is 0.00323. The number of hydrogen-bond donors (Lipinski definition) is 0. The fourth-order valence-corrected chi connectivity index (χ4v) is 16.3. The van der Waals surface area contributed by atoms with Crippen LogP contribution in [0.2, 0.25) is 0 Å². The molecule has 460 valence electrons. The van der Waals surface area contributed by atoms with Gasteiger partial charge in [0, 0.05) is 44.0 Å². The van der Waals surface area contributed by atoms with Gasteiger partial charge in [-0.1, -0.05) is 198 Å². The van der Waals surface area contributed by atoms with Crippen LogP contribution in [-0.4, -0.2) is 22.6 Å². The summed E-state index contributed by atoms with van der Waals surface area (Å²) >= 11 is 0. The lowest BCUT2D eigenvalue weighted by Crippen LogP contribution is -2.58. The number of hydrogen-bond acceptors (Lipinski definition) is 2. The molecule has 6 heterocycles. The molecule has 91 heavy (non-hydrogen) atoms. The highest BCUT2D eigenvalue weighted by atomic mass is 16.5. The standard InChI is InChI=1S/C85H92B2N2O2/c1-47-33-48(2)74(49(3)34-47)50-35-68-75-72(36-50)90-70-44-53(81(10,11)12)23-27-62(70)87(75)65-42-56(40-61-59-38-52(80(7,8)9)25-29-66(59)88(68)78(61)65)84(19,20)31-32-85(21,22)57-43-69-76-73(46-57)91-71-45-54(82(13,14)15)24-28-63(71)86(76)64-41-55(83(16,17)18)39-60-58-37-51(79(4,5)6)26-30-67(58)89(69)77(60)64/h23-30,33-46H,31-32H2,1-22H3. The lowest BCUT2D eigenvalue weighted by atomic mass is 9.34. The van der Waals surface area contributed by atoms with E-state index in [1.165, 1.54) is 155 Å². The average Bonchev–Trinajstić information content (AvgIpc) is 1.63. The Labute approximate surface area is 543 Å². The zero-order chi connectivity index (χ0) is 64.7. The molecule has 0 amide bonds. The number of nitrogens with zero attached hydrogens (tertiary/aromatic N) is 2. The Kier molecular flexibility index (Phi) is 12.6. The smallest absolute Gasteiger partial charge is 0.256 e. The molecule has 0 aliphatic carbocycles. The third-order valence-electron chi connectivity index (χ3n) is 22.0. The van der Waals surface area contributed by atoms with Gasteiger partial charge in [0.15, 0.2) is 0 Å². The first kappa shape index (κ1) is 59.6. The van der Waals surface area contributed by atoms with E-state index in [0.717, 1.165) is 35.8 Å². The number of rotatable bonds is 6. The molecule has 0 atom stereocenters. The van der Waals surface area contributed by atoms with Gasteiger partial charge in [-0.3, -0.25) is 0 Å². The molecule has 0 unspecified atom stereocenters. The highest BCUT2D eigenvalue weighted by molar-refractivity contribution is 7.00. The zero-order valence-corrected chi connectivity index (χ0v) is 58.5. The second-order valence-electron chi connectivity index (χ2n) is 34.7. The topological polar surface area (TPSA) is 28.3 Å². The van der Waals surface area contributed by atoms with Gasteiger partial charge in [0.25, 0.3) is 13.4 Å². The van der Waals surface area contributed by atoms with Crippen LogP contribution in [0, 0.1) is 20.8 Å². The van der Waals surface area contributed by atoms with Crippen molar-refractivity contribution < 1.29 is 9.47 Å². The number of aromatic nitrogens is 2. The van der Waals surface area contributed by atoms with Crippen LogP contribution in [0.3, 0.4) is 0 Å². The number of aryl methyl sites for hydroxylation is 3. The third kappa shape index (κ3) is 9.12. The summed E-state index contributed by atoms with van der Waals surface area (Å²) in [4.78, 5) is 0. The van der Waals surface area contributed by atoms with Gasteiger partial charge in [0.05, 0.1) is 11.0 Å². The fraction of sp³-hybridized carbons (Fsp3) is 0.365. The SMILES string of the molecule is Cc1cc(C)c(-c2cc3c4c(c2)-n2c5ccc(C(C)(C)C)cc5c5cc(C(C)(C)CCC(C)(C)c6cc7c8c(c6)-n6c9ccc(C(C)(C)C)cc9c9cc(C(C)(C)C)cc(c96)B8c6ccc(C(C)(C)C)cc6O7)cc(c52)B4c2ccc(C(C)(C)C)cc2O3)c(C)c1. The van der Waals surface area contributed by atoms with E-state index >= 15 is 0 Å². The molecule has 0 saturated carbocycles. The first-order valence-electron chi connectivity index (χ1n) is 33.8. The summed E-state index contributed by atoms with van der Waals surface area (Å²) in [6.07, 6.45) is 1.93. The van der Waals surface area contributed by atoms with Gasteiger partial charge < -0.3 is 18.6 Å². The van der Waals surface area contributed by atoms with E-state index in [0.29, 0.717) is 0 Å². The van der Waals surface area contributed by atoms with Crippen molar-refractivity contribution >= 4 is 89.8 Å². The Morgan fingerprint density at radius 1 is 0.330 bits per heavy atom. The van der Waals surface area contributed by atoms with Crippen molar-refractivity contribution in [1.82, 2.24) is 9.13 Å². The first-order valence-corrected chi connectivity index (χ1v) is 33.8. The summed E-state index contributed by atoms with van der Waals surface area (Å²) in [5, 5.41) is 5.29. The predicted molar refractivity (Wildman–Crippen MR) is 392 cm³/mol. The number of ether oxygens (including phenoxy) is 2. The lowest BCUT2D eigenvalue weighted by Gasteiger charge is -2.38. The van der Waals surface area contributed by atoms with Gasteiger partial charge >= 0.3 is 0 Å². The van der Waals surface area contributed by atoms with Gasteiger partial charge in [0.1, 0.15) is 23.0 Å². The molecule has 0 radical (unpaired) electrons. The Morgan fingerprint density at radius 2 is 0.692 bits per heavy atom. The number of benzene rings is 9. The van der Waals surface area contributed by atoms with Crippen molar-refractivity contribution in [2.45, 2.75) is 203 Å². The molecule has 0 saturated heterocycles. The average molecular weight is 1200 g/mol. The Balaban J connectivity index is 0.906. The Hall–Kier alpha value is -7.69. The van der Waals surface area contributed by atoms with Gasteiger partial charge in [-0.05, 0) is 238 Å². The summed E-state index contributed by atoms with van der Waals surface area (Å²) in [5.41, 5.74) is 30.3. The van der Waals surface area contributed by atoms with Crippen LogP contribution >= 0.6 is 0 Å². The van der Waals surface area contributed by atoms with Gasteiger partial charge in [0.2, 0.25) is 0 Å². The van der Waals surface area contributed by atoms with Gasteiger partial charge in [-0.2, -0.15) is 0 Å². The van der Waals surface area contributed by atoms with Crippen molar-refractivity contribution in [3.05, 3.63) is 189 Å². The van der Waals surface area contributed by atoms with E-state index < -0.39 is 0 Å². The fourth-order valence-electron chi connectivity index (χ4n) is 16.3. The molecule has 4 aliphatic heterocycles. The van der Waals surface area contributed by atoms with Crippen LogP contribution in [0.5, 0.6) is 23.0 Å². The zero-order valence-electron chi connectivity index (χ0n) is 58.5. The molecule has 15 rings (SSSR count). The van der Waals surface area contributed by atoms with E-state index in [1.54, 1.807) is 0 Å². The maximum Gasteiger partial charge on any atom is 0.256 e. The minimum atomic E-state index is -0.243. The van der Waals surface area contributed by atoms with Crippen molar-refractivity contribution in [3.8, 4) is 45.5 Å². The molecule has 0 spiro atoms. The van der Waals surface area contributed by atoms with E-state index in [9.17, 15) is 0 Å². The van der Waals surface area contributed by atoms with E-state index in [2.05, 4.69) is 295 Å². The third-order valence-corrected chi connectivity index (χ3v) is 22.0. The second-order valence-corrected chi connectivity index (χ2v) is 34.7. The molecule has 4 nitrogen and oxygen atoms in total. The molecule has 11 aromatic rings. The summed E-state index contributed by atoms with van der Waals surface area (Å²) in [5.74, 6) is 3.87. The minimum Gasteiger partial charge on any atom is -0.458 e. The predicted octanol–water partition coefficient (Wildman–Crippen LogP) is 18.9. The van der Waals surface area contributed by atoms with E-state index in [4.69, 9.17) is 9.47 Å². The van der Waals surface area contributed by atoms with Crippen LogP contribution in [0.25, 0.3) is 66.1 Å². The van der Waals surface area contributed by atoms with Crippen molar-refractivity contribution in [1.29, 1.82) is 0 Å². The molecule has 0 N–H and O–H groups in total. The molecule has 4 aliphatic rings. The summed E-state index contributed by atoms with van der Waals surface area (Å²) in [6, 6.07) is 53.6. The van der Waals surface area contributed by atoms with Crippen molar-refractivity contribution in [2.75, 3.05) is 0 Å². The monoisotopic (exact) mass is 1190 g/mol. The lowest BCUT2D eigenvalue weighted by molar-refractivity contribution is 0.374. The van der Waals surface area contributed by atoms with Crippen molar-refractivity contribution in [2.24, 2.45) is 0 Å². The first-order chi connectivity index (χ1) is 42.5. The summed E-state index contributed by atoms with van der Waals surface area (Å²) < 4.78 is 20.0. The Morgan fingerprint density at radius 3 is 1.14 bits per heavy atom. The molecule has 9 aromatic carbocycles. The van der Waals surface area contributed by atoms with Crippen LogP contribution in [0.15, 0.2) is 133 Å². The molecular weight excluding hydrogens is 1100 g/mol. The second kappa shape index (κ2) is 19.2. The largest absolute Gasteiger partial charge is 0.458 e. The Bertz CT molecular complexity index is 4980. The maximum atomic E-state index is 7.44. The van der Waals surface area contributed by atoms with E-state index in [-0.39, 0.29) is 51.3 Å². The highest BCUT2D eigenvalue weighted by Crippen LogP contribution is 2.48. The molecule has 0 fully saturated rings. The van der Waals surface area contributed by atoms with Gasteiger partial charge in [-0.25, -0.2) is 0 Å². The molecule has 2 aromatic heterocycles. The van der Waals surface area contributed by atoms with Crippen LogP contribution in [0.4, 0.5) is 0 Å². The summed E-state index contributed by atoms with van der Waals surface area (Å²) in [6.45, 7) is 51.7. The normalized spacial score (nSPS) is 14.5. The van der Waals surface area contributed by atoms with Crippen LogP contribution < -0.4 is 42.3 Å². The molecule has 6 heteroatoms. The van der Waals surface area contributed by atoms with E-state index in [1.807, 2.05) is 0 Å². The summed E-state index contributed by atoms with van der Waals surface area (Å²) in [7, 11) is 0. The highest BCUT2D eigenvalue weighted by Gasteiger charge is 2.46. The quantitative estimate of drug-likeness (QED) is 0.155. The van der Waals surface area contributed by atoms with Gasteiger partial charge in [-0.15, -0.1) is 0 Å².